The second-order valence-electron chi connectivity index (χ2n) is 11.2. The Balaban J connectivity index is 1.22. The summed E-state index contributed by atoms with van der Waals surface area (Å²) in [5.74, 6) is 1.17. The predicted octanol–water partition coefficient (Wildman–Crippen LogP) is 4.07. The van der Waals surface area contributed by atoms with E-state index in [1.54, 1.807) is 37.0 Å². The molecule has 0 radical (unpaired) electrons. The van der Waals surface area contributed by atoms with E-state index in [-0.39, 0.29) is 23.1 Å². The van der Waals surface area contributed by atoms with Crippen molar-refractivity contribution in [2.24, 2.45) is 0 Å². The van der Waals surface area contributed by atoms with Crippen molar-refractivity contribution in [2.45, 2.75) is 42.3 Å². The van der Waals surface area contributed by atoms with Crippen LogP contribution in [-0.4, -0.2) is 78.9 Å². The number of aromatic nitrogens is 3. The lowest BCUT2D eigenvalue weighted by molar-refractivity contribution is -0.116. The second-order valence-corrected chi connectivity index (χ2v) is 14.0. The van der Waals surface area contributed by atoms with Crippen LogP contribution >= 0.6 is 11.8 Å². The number of aryl methyl sites for hydroxylation is 1. The van der Waals surface area contributed by atoms with Crippen molar-refractivity contribution in [1.82, 2.24) is 24.4 Å². The molecule has 4 aromatic rings. The van der Waals surface area contributed by atoms with E-state index in [0.717, 1.165) is 36.9 Å². The monoisotopic (exact) mass is 676 g/mol. The van der Waals surface area contributed by atoms with Gasteiger partial charge in [-0.25, -0.2) is 8.42 Å². The molecule has 47 heavy (non-hydrogen) atoms. The van der Waals surface area contributed by atoms with Gasteiger partial charge in [0.25, 0.3) is 5.91 Å². The van der Waals surface area contributed by atoms with Gasteiger partial charge in [-0.05, 0) is 73.7 Å². The molecule has 2 aliphatic rings. The first-order valence-corrected chi connectivity index (χ1v) is 17.8. The van der Waals surface area contributed by atoms with Crippen LogP contribution < -0.4 is 19.7 Å². The molecule has 0 saturated carbocycles. The van der Waals surface area contributed by atoms with Gasteiger partial charge >= 0.3 is 0 Å². The SMILES string of the molecule is COc1ccc(OC)c(-n2c(CNC(=O)c3ccc(S(=O)(=O)N4CCCC4)cc3)nnc2SCC(=O)N2CCCc3ccccc32)c1. The van der Waals surface area contributed by atoms with Crippen LogP contribution in [0.25, 0.3) is 5.69 Å². The Hall–Kier alpha value is -4.40. The zero-order valence-electron chi connectivity index (χ0n) is 26.2. The summed E-state index contributed by atoms with van der Waals surface area (Å²) in [6.45, 7) is 1.65. The Labute approximate surface area is 278 Å². The average molecular weight is 677 g/mol. The van der Waals surface area contributed by atoms with Crippen molar-refractivity contribution >= 4 is 39.3 Å². The maximum Gasteiger partial charge on any atom is 0.251 e. The summed E-state index contributed by atoms with van der Waals surface area (Å²) in [6.07, 6.45) is 3.52. The molecular weight excluding hydrogens is 641 g/mol. The molecule has 1 saturated heterocycles. The van der Waals surface area contributed by atoms with Crippen molar-refractivity contribution in [3.63, 3.8) is 0 Å². The van der Waals surface area contributed by atoms with E-state index in [2.05, 4.69) is 21.6 Å². The number of hydrogen-bond donors (Lipinski definition) is 1. The van der Waals surface area contributed by atoms with E-state index in [1.165, 1.54) is 40.3 Å². The number of nitrogens with one attached hydrogen (secondary N) is 1. The number of ether oxygens (including phenoxy) is 2. The Morgan fingerprint density at radius 3 is 2.40 bits per heavy atom. The largest absolute Gasteiger partial charge is 0.497 e. The number of methoxy groups -OCH3 is 2. The van der Waals surface area contributed by atoms with Gasteiger partial charge in [-0.3, -0.25) is 14.2 Å². The Morgan fingerprint density at radius 2 is 1.66 bits per heavy atom. The summed E-state index contributed by atoms with van der Waals surface area (Å²) >= 11 is 1.24. The molecule has 0 aliphatic carbocycles. The Morgan fingerprint density at radius 1 is 0.894 bits per heavy atom. The lowest BCUT2D eigenvalue weighted by atomic mass is 10.0. The van der Waals surface area contributed by atoms with Gasteiger partial charge in [0.05, 0.1) is 37.1 Å². The number of benzene rings is 3. The standard InChI is InChI=1S/C33H36N6O6S2/c1-44-25-13-16-29(45-2)28(20-25)39-30(21-34-32(41)24-11-14-26(15-12-24)47(42,43)37-17-5-6-18-37)35-36-33(39)46-22-31(40)38-19-7-9-23-8-3-4-10-27(23)38/h3-4,8,10-16,20H,5-7,9,17-19,21-22H2,1-2H3,(H,34,41). The van der Waals surface area contributed by atoms with Gasteiger partial charge < -0.3 is 19.7 Å². The molecule has 3 aromatic carbocycles. The summed E-state index contributed by atoms with van der Waals surface area (Å²) in [6, 6.07) is 19.2. The Bertz CT molecular complexity index is 1870. The van der Waals surface area contributed by atoms with Crippen LogP contribution in [0.1, 0.15) is 41.0 Å². The van der Waals surface area contributed by atoms with E-state index in [0.29, 0.717) is 53.4 Å². The number of sulfonamides is 1. The predicted molar refractivity (Wildman–Crippen MR) is 178 cm³/mol. The fourth-order valence-corrected chi connectivity index (χ4v) is 8.19. The molecular formula is C33H36N6O6S2. The smallest absolute Gasteiger partial charge is 0.251 e. The van der Waals surface area contributed by atoms with Gasteiger partial charge in [-0.2, -0.15) is 4.31 Å². The third-order valence-electron chi connectivity index (χ3n) is 8.29. The van der Waals surface area contributed by atoms with E-state index >= 15 is 0 Å². The lowest BCUT2D eigenvalue weighted by Gasteiger charge is -2.29. The molecule has 1 aromatic heterocycles. The molecule has 246 valence electrons. The molecule has 14 heteroatoms. The molecule has 1 N–H and O–H groups in total. The highest BCUT2D eigenvalue weighted by atomic mass is 32.2. The summed E-state index contributed by atoms with van der Waals surface area (Å²) in [5.41, 5.74) is 2.97. The first-order valence-electron chi connectivity index (χ1n) is 15.4. The van der Waals surface area contributed by atoms with Crippen LogP contribution in [0.3, 0.4) is 0 Å². The first kappa shape index (κ1) is 32.5. The number of nitrogens with zero attached hydrogens (tertiary/aromatic N) is 5. The Kier molecular flexibility index (Phi) is 9.80. The lowest BCUT2D eigenvalue weighted by Crippen LogP contribution is -2.36. The van der Waals surface area contributed by atoms with Gasteiger partial charge in [0, 0.05) is 37.0 Å². The normalized spacial score (nSPS) is 14.9. The van der Waals surface area contributed by atoms with Crippen LogP contribution in [0.4, 0.5) is 5.69 Å². The molecule has 0 atom stereocenters. The number of fused-ring (bicyclic) bond motifs is 1. The highest BCUT2D eigenvalue weighted by Crippen LogP contribution is 2.33. The summed E-state index contributed by atoms with van der Waals surface area (Å²) in [4.78, 5) is 28.6. The van der Waals surface area contributed by atoms with E-state index in [1.807, 2.05) is 23.1 Å². The first-order chi connectivity index (χ1) is 22.8. The van der Waals surface area contributed by atoms with Gasteiger partial charge in [0.15, 0.2) is 11.0 Å². The molecule has 0 spiro atoms. The van der Waals surface area contributed by atoms with Crippen LogP contribution in [0.2, 0.25) is 0 Å². The third kappa shape index (κ3) is 6.85. The van der Waals surface area contributed by atoms with Crippen molar-refractivity contribution < 1.29 is 27.5 Å². The van der Waals surface area contributed by atoms with Crippen LogP contribution in [0.15, 0.2) is 76.8 Å². The van der Waals surface area contributed by atoms with Crippen LogP contribution in [0, 0.1) is 0 Å². The summed E-state index contributed by atoms with van der Waals surface area (Å²) in [5, 5.41) is 12.1. The topological polar surface area (TPSA) is 136 Å². The van der Waals surface area contributed by atoms with E-state index in [9.17, 15) is 18.0 Å². The zero-order chi connectivity index (χ0) is 33.0. The minimum Gasteiger partial charge on any atom is -0.497 e. The molecule has 0 bridgehead atoms. The minimum absolute atomic E-state index is 0.00592. The van der Waals surface area contributed by atoms with Crippen LogP contribution in [-0.2, 0) is 27.8 Å². The maximum atomic E-state index is 13.5. The quantitative estimate of drug-likeness (QED) is 0.233. The highest BCUT2D eigenvalue weighted by molar-refractivity contribution is 7.99. The molecule has 2 amide bonds. The number of para-hydroxylation sites is 1. The van der Waals surface area contributed by atoms with Gasteiger partial charge in [0.2, 0.25) is 15.9 Å². The number of thioether (sulfide) groups is 1. The number of amides is 2. The minimum atomic E-state index is -3.59. The number of carbonyl (C=O) groups is 2. The molecule has 3 heterocycles. The number of hydrogen-bond acceptors (Lipinski definition) is 9. The van der Waals surface area contributed by atoms with Crippen LogP contribution in [0.5, 0.6) is 11.5 Å². The van der Waals surface area contributed by atoms with Crippen molar-refractivity contribution in [1.29, 1.82) is 0 Å². The highest BCUT2D eigenvalue weighted by Gasteiger charge is 2.28. The summed E-state index contributed by atoms with van der Waals surface area (Å²) in [7, 11) is -0.476. The third-order valence-corrected chi connectivity index (χ3v) is 11.1. The summed E-state index contributed by atoms with van der Waals surface area (Å²) < 4.78 is 40.1. The molecule has 1 fully saturated rings. The van der Waals surface area contributed by atoms with Gasteiger partial charge in [0.1, 0.15) is 11.5 Å². The molecule has 6 rings (SSSR count). The second kappa shape index (κ2) is 14.2. The van der Waals surface area contributed by atoms with Crippen molar-refractivity contribution in [3.8, 4) is 17.2 Å². The fraction of sp³-hybridized carbons (Fsp3) is 0.333. The number of carbonyl (C=O) groups excluding carboxylic acids is 2. The molecule has 0 unspecified atom stereocenters. The fourth-order valence-electron chi connectivity index (χ4n) is 5.84. The van der Waals surface area contributed by atoms with E-state index in [4.69, 9.17) is 9.47 Å². The van der Waals surface area contributed by atoms with Gasteiger partial charge in [-0.1, -0.05) is 30.0 Å². The number of rotatable bonds is 11. The van der Waals surface area contributed by atoms with E-state index < -0.39 is 15.9 Å². The van der Waals surface area contributed by atoms with Crippen molar-refractivity contribution in [3.05, 3.63) is 83.7 Å². The van der Waals surface area contributed by atoms with Gasteiger partial charge in [-0.15, -0.1) is 10.2 Å². The molecule has 12 nitrogen and oxygen atoms in total. The average Bonchev–Trinajstić information content (AvgIpc) is 3.80. The van der Waals surface area contributed by atoms with Crippen molar-refractivity contribution in [2.75, 3.05) is 44.5 Å². The zero-order valence-corrected chi connectivity index (χ0v) is 27.8. The number of anilines is 1. The molecule has 2 aliphatic heterocycles. The maximum absolute atomic E-state index is 13.5.